The number of carbonyl (C=O) groups is 1. The average Bonchev–Trinajstić information content (AvgIpc) is 2.48. The van der Waals surface area contributed by atoms with E-state index in [2.05, 4.69) is 21.2 Å². The lowest BCUT2D eigenvalue weighted by molar-refractivity contribution is -0.244. The summed E-state index contributed by atoms with van der Waals surface area (Å²) in [5.41, 5.74) is 0. The molecule has 0 aliphatic carbocycles. The summed E-state index contributed by atoms with van der Waals surface area (Å²) in [6, 6.07) is 5.94. The molecule has 1 fully saturated rings. The molecule has 1 aromatic rings. The fourth-order valence-electron chi connectivity index (χ4n) is 2.22. The number of hydrogen-bond donors (Lipinski definition) is 4. The van der Waals surface area contributed by atoms with Crippen molar-refractivity contribution in [3.8, 4) is 5.75 Å². The van der Waals surface area contributed by atoms with Crippen molar-refractivity contribution in [1.29, 1.82) is 0 Å². The van der Waals surface area contributed by atoms with Crippen molar-refractivity contribution < 1.29 is 29.6 Å². The van der Waals surface area contributed by atoms with Crippen molar-refractivity contribution in [3.05, 3.63) is 28.7 Å². The lowest BCUT2D eigenvalue weighted by Gasteiger charge is -2.42. The van der Waals surface area contributed by atoms with Crippen LogP contribution in [0, 0.1) is 0 Å². The maximum Gasteiger partial charge on any atom is 0.223 e. The van der Waals surface area contributed by atoms with Crippen LogP contribution >= 0.6 is 15.9 Å². The molecule has 0 unspecified atom stereocenters. The van der Waals surface area contributed by atoms with Gasteiger partial charge in [-0.2, -0.15) is 0 Å². The quantitative estimate of drug-likeness (QED) is 0.578. The molecule has 0 saturated carbocycles. The maximum absolute atomic E-state index is 11.3. The third-order valence-corrected chi connectivity index (χ3v) is 3.85. The summed E-state index contributed by atoms with van der Waals surface area (Å²) in [7, 11) is 0. The fraction of sp³-hybridized carbons (Fsp3) is 0.500. The van der Waals surface area contributed by atoms with Crippen LogP contribution in [0.2, 0.25) is 0 Å². The van der Waals surface area contributed by atoms with Crippen LogP contribution in [-0.2, 0) is 9.53 Å². The van der Waals surface area contributed by atoms with Crippen molar-refractivity contribution >= 4 is 21.8 Å². The van der Waals surface area contributed by atoms with E-state index in [1.165, 1.54) is 6.92 Å². The molecule has 1 amide bonds. The van der Waals surface area contributed by atoms with E-state index in [1.54, 1.807) is 24.3 Å². The van der Waals surface area contributed by atoms with Crippen LogP contribution in [0.4, 0.5) is 0 Å². The molecule has 2 rings (SSSR count). The molecule has 22 heavy (non-hydrogen) atoms. The van der Waals surface area contributed by atoms with Gasteiger partial charge in [-0.1, -0.05) is 15.9 Å². The van der Waals surface area contributed by atoms with Gasteiger partial charge in [0.05, 0.1) is 6.61 Å². The van der Waals surface area contributed by atoms with E-state index in [-0.39, 0.29) is 0 Å². The first kappa shape index (κ1) is 17.2. The van der Waals surface area contributed by atoms with Crippen molar-refractivity contribution in [2.45, 2.75) is 37.6 Å². The first-order valence-corrected chi connectivity index (χ1v) is 7.53. The van der Waals surface area contributed by atoms with Gasteiger partial charge in [-0.05, 0) is 24.3 Å². The monoisotopic (exact) mass is 375 g/mol. The number of ether oxygens (including phenoxy) is 2. The first-order chi connectivity index (χ1) is 10.4. The van der Waals surface area contributed by atoms with E-state index < -0.39 is 43.2 Å². The number of halogens is 1. The largest absolute Gasteiger partial charge is 0.463 e. The number of aliphatic hydroxyl groups excluding tert-OH is 3. The molecule has 8 heteroatoms. The van der Waals surface area contributed by atoms with Gasteiger partial charge in [0.1, 0.15) is 30.1 Å². The highest BCUT2D eigenvalue weighted by molar-refractivity contribution is 9.10. The second-order valence-electron chi connectivity index (χ2n) is 5.00. The van der Waals surface area contributed by atoms with E-state index >= 15 is 0 Å². The van der Waals surface area contributed by atoms with Crippen LogP contribution < -0.4 is 10.1 Å². The topological polar surface area (TPSA) is 108 Å². The van der Waals surface area contributed by atoms with Crippen LogP contribution in [0.1, 0.15) is 6.92 Å². The summed E-state index contributed by atoms with van der Waals surface area (Å²) in [6.45, 7) is 0.805. The number of nitrogens with one attached hydrogen (secondary N) is 1. The zero-order chi connectivity index (χ0) is 16.3. The molecule has 0 bridgehead atoms. The Morgan fingerprint density at radius 2 is 1.95 bits per heavy atom. The van der Waals surface area contributed by atoms with Gasteiger partial charge in [0.2, 0.25) is 12.2 Å². The van der Waals surface area contributed by atoms with Gasteiger partial charge in [0.15, 0.2) is 0 Å². The van der Waals surface area contributed by atoms with Crippen LogP contribution in [0.15, 0.2) is 28.7 Å². The summed E-state index contributed by atoms with van der Waals surface area (Å²) in [4.78, 5) is 11.3. The predicted octanol–water partition coefficient (Wildman–Crippen LogP) is -0.228. The zero-order valence-corrected chi connectivity index (χ0v) is 13.4. The normalized spacial score (nSPS) is 31.6. The highest BCUT2D eigenvalue weighted by Gasteiger charge is 2.46. The van der Waals surface area contributed by atoms with Gasteiger partial charge < -0.3 is 30.1 Å². The minimum atomic E-state index is -1.33. The second kappa shape index (κ2) is 7.38. The number of rotatable bonds is 4. The molecule has 1 heterocycles. The highest BCUT2D eigenvalue weighted by atomic mass is 79.9. The number of amides is 1. The molecule has 0 spiro atoms. The Morgan fingerprint density at radius 1 is 1.32 bits per heavy atom. The van der Waals surface area contributed by atoms with Crippen LogP contribution in [0.5, 0.6) is 5.75 Å². The summed E-state index contributed by atoms with van der Waals surface area (Å²) >= 11 is 3.30. The van der Waals surface area contributed by atoms with Crippen molar-refractivity contribution in [2.75, 3.05) is 6.61 Å². The number of carbonyl (C=O) groups excluding carboxylic acids is 1. The Bertz CT molecular complexity index is 511. The lowest BCUT2D eigenvalue weighted by atomic mass is 9.97. The van der Waals surface area contributed by atoms with Crippen LogP contribution in [0.25, 0.3) is 0 Å². The smallest absolute Gasteiger partial charge is 0.223 e. The van der Waals surface area contributed by atoms with Gasteiger partial charge in [-0.3, -0.25) is 4.79 Å². The standard InChI is InChI=1S/C14H18BrNO6/c1-7(18)16-11-13(20)12(19)10(6-17)22-14(11)21-9-4-2-8(15)3-5-9/h2-5,10-14,17,19-20H,6H2,1H3,(H,16,18)/t10-,11-,12-,13-,14-/m1/s1. The third kappa shape index (κ3) is 3.96. The molecular weight excluding hydrogens is 358 g/mol. The molecule has 7 nitrogen and oxygen atoms in total. The predicted molar refractivity (Wildman–Crippen MR) is 80.1 cm³/mol. The van der Waals surface area contributed by atoms with Gasteiger partial charge in [0.25, 0.3) is 0 Å². The van der Waals surface area contributed by atoms with Gasteiger partial charge in [0, 0.05) is 11.4 Å². The van der Waals surface area contributed by atoms with E-state index in [4.69, 9.17) is 9.47 Å². The molecule has 1 aromatic carbocycles. The molecular formula is C14H18BrNO6. The number of aliphatic hydroxyl groups is 3. The Morgan fingerprint density at radius 3 is 2.50 bits per heavy atom. The zero-order valence-electron chi connectivity index (χ0n) is 11.8. The van der Waals surface area contributed by atoms with E-state index in [0.29, 0.717) is 5.75 Å². The van der Waals surface area contributed by atoms with E-state index in [9.17, 15) is 20.1 Å². The SMILES string of the molecule is CC(=O)N[C@H]1[C@H](Oc2ccc(Br)cc2)O[C@H](CO)[C@@H](O)[C@@H]1O. The van der Waals surface area contributed by atoms with Crippen LogP contribution in [0.3, 0.4) is 0 Å². The summed E-state index contributed by atoms with van der Waals surface area (Å²) in [5.74, 6) is 0.0653. The Hall–Kier alpha value is -1.19. The molecule has 1 saturated heterocycles. The van der Waals surface area contributed by atoms with Crippen molar-refractivity contribution in [1.82, 2.24) is 5.32 Å². The molecule has 1 aliphatic rings. The Balaban J connectivity index is 2.18. The van der Waals surface area contributed by atoms with E-state index in [0.717, 1.165) is 4.47 Å². The van der Waals surface area contributed by atoms with Crippen molar-refractivity contribution in [2.24, 2.45) is 0 Å². The number of hydrogen-bond acceptors (Lipinski definition) is 6. The molecule has 1 aliphatic heterocycles. The second-order valence-corrected chi connectivity index (χ2v) is 5.92. The van der Waals surface area contributed by atoms with Crippen LogP contribution in [-0.4, -0.2) is 58.5 Å². The molecule has 4 N–H and O–H groups in total. The van der Waals surface area contributed by atoms with Gasteiger partial charge in [-0.15, -0.1) is 0 Å². The number of benzene rings is 1. The fourth-order valence-corrected chi connectivity index (χ4v) is 2.48. The Kier molecular flexibility index (Phi) is 5.76. The van der Waals surface area contributed by atoms with Crippen molar-refractivity contribution in [3.63, 3.8) is 0 Å². The van der Waals surface area contributed by atoms with Gasteiger partial charge in [-0.25, -0.2) is 0 Å². The Labute approximate surface area is 136 Å². The summed E-state index contributed by atoms with van der Waals surface area (Å²) in [5, 5.41) is 31.8. The van der Waals surface area contributed by atoms with E-state index in [1.807, 2.05) is 0 Å². The summed E-state index contributed by atoms with van der Waals surface area (Å²) in [6.07, 6.45) is -4.69. The maximum atomic E-state index is 11.3. The van der Waals surface area contributed by atoms with Gasteiger partial charge >= 0.3 is 0 Å². The lowest BCUT2D eigenvalue weighted by Crippen LogP contribution is -2.65. The third-order valence-electron chi connectivity index (χ3n) is 3.32. The average molecular weight is 376 g/mol. The molecule has 0 aromatic heterocycles. The highest BCUT2D eigenvalue weighted by Crippen LogP contribution is 2.25. The molecule has 0 radical (unpaired) electrons. The molecule has 5 atom stereocenters. The first-order valence-electron chi connectivity index (χ1n) is 6.74. The minimum Gasteiger partial charge on any atom is -0.463 e. The minimum absolute atomic E-state index is 0.397. The summed E-state index contributed by atoms with van der Waals surface area (Å²) < 4.78 is 12.0. The molecule has 122 valence electrons.